The maximum Gasteiger partial charge on any atom is 0.255 e. The van der Waals surface area contributed by atoms with E-state index < -0.39 is 11.4 Å². The Morgan fingerprint density at radius 2 is 1.54 bits per heavy atom. The molecule has 1 aliphatic carbocycles. The van der Waals surface area contributed by atoms with Crippen LogP contribution >= 0.6 is 0 Å². The second-order valence-corrected chi connectivity index (χ2v) is 12.2. The molecule has 0 spiro atoms. The first-order valence-corrected chi connectivity index (χ1v) is 16.3. The Morgan fingerprint density at radius 1 is 0.958 bits per heavy atom. The molecule has 1 unspecified atom stereocenters. The maximum absolute atomic E-state index is 13.2. The quantitative estimate of drug-likeness (QED) is 0.197. The Balaban J connectivity index is 0.000000189. The highest BCUT2D eigenvalue weighted by molar-refractivity contribution is 6.00. The lowest BCUT2D eigenvalue weighted by Gasteiger charge is -2.42. The fourth-order valence-corrected chi connectivity index (χ4v) is 5.62. The van der Waals surface area contributed by atoms with Gasteiger partial charge in [-0.1, -0.05) is 26.0 Å². The van der Waals surface area contributed by atoms with Gasteiger partial charge in [0.1, 0.15) is 17.0 Å². The summed E-state index contributed by atoms with van der Waals surface area (Å²) in [5, 5.41) is 6.29. The summed E-state index contributed by atoms with van der Waals surface area (Å²) < 4.78 is 35.2. The standard InChI is InChI=1S/C19H18FN3O2.C10H9FN2O.C6H13N.C2H6/c1-12-9-13(2)23-8-7-16(17(23)21-12)18(24)22-19(10-25-11-19)14-3-5-15(20)6-4-14;1-6-3-7(2)13-4-9(11)8(5-14)10(13)12-6;1-5(7-2)6-3-4-6;1-2/h3-9H,10-11H2,1-2H3,(H,22,24);3-5H,1-2H3;5-7H,3-4H2,1-2H3;1-2H3. The smallest absolute Gasteiger partial charge is 0.255 e. The van der Waals surface area contributed by atoms with E-state index in [2.05, 4.69) is 27.5 Å². The number of aryl methyl sites for hydroxylation is 4. The van der Waals surface area contributed by atoms with Gasteiger partial charge in [0.25, 0.3) is 5.91 Å². The van der Waals surface area contributed by atoms with Crippen LogP contribution in [0.25, 0.3) is 11.3 Å². The van der Waals surface area contributed by atoms with Crippen LogP contribution in [-0.4, -0.2) is 57.3 Å². The van der Waals surface area contributed by atoms with Crippen LogP contribution < -0.4 is 10.6 Å². The van der Waals surface area contributed by atoms with Gasteiger partial charge in [0, 0.05) is 41.2 Å². The van der Waals surface area contributed by atoms with E-state index in [1.54, 1.807) is 22.6 Å². The molecule has 0 bridgehead atoms. The lowest BCUT2D eigenvalue weighted by Crippen LogP contribution is -2.59. The molecule has 1 saturated carbocycles. The Bertz CT molecular complexity index is 1870. The highest BCUT2D eigenvalue weighted by Crippen LogP contribution is 2.32. The van der Waals surface area contributed by atoms with E-state index in [9.17, 15) is 18.4 Å². The summed E-state index contributed by atoms with van der Waals surface area (Å²) in [6.45, 7) is 14.5. The molecule has 1 atom stereocenters. The predicted octanol–water partition coefficient (Wildman–Crippen LogP) is 6.68. The fraction of sp³-hybridized carbons (Fsp3) is 0.405. The first kappa shape index (κ1) is 36.4. The molecular weight excluding hydrogens is 614 g/mol. The van der Waals surface area contributed by atoms with Gasteiger partial charge < -0.3 is 24.2 Å². The zero-order valence-electron chi connectivity index (χ0n) is 29.0. The van der Waals surface area contributed by atoms with Crippen molar-refractivity contribution in [2.24, 2.45) is 5.92 Å². The Kier molecular flexibility index (Phi) is 11.8. The highest BCUT2D eigenvalue weighted by Gasteiger charge is 2.42. The Hall–Kier alpha value is -4.48. The van der Waals surface area contributed by atoms with Gasteiger partial charge in [-0.05, 0) is 96.3 Å². The number of fused-ring (bicyclic) bond motifs is 2. The molecule has 1 amide bonds. The number of carbonyl (C=O) groups excluding carboxylic acids is 2. The van der Waals surface area contributed by atoms with Gasteiger partial charge in [-0.25, -0.2) is 18.7 Å². The van der Waals surface area contributed by atoms with E-state index >= 15 is 0 Å². The summed E-state index contributed by atoms with van der Waals surface area (Å²) >= 11 is 0. The molecule has 1 aliphatic heterocycles. The zero-order valence-corrected chi connectivity index (χ0v) is 29.0. The van der Waals surface area contributed by atoms with Crippen LogP contribution in [0.1, 0.15) is 82.7 Å². The van der Waals surface area contributed by atoms with Crippen LogP contribution in [0, 0.1) is 45.2 Å². The number of rotatable bonds is 6. The molecule has 2 fully saturated rings. The maximum atomic E-state index is 13.2. The summed E-state index contributed by atoms with van der Waals surface area (Å²) in [4.78, 5) is 32.1. The van der Waals surface area contributed by atoms with Crippen molar-refractivity contribution in [3.8, 4) is 0 Å². The molecule has 2 N–H and O–H groups in total. The largest absolute Gasteiger partial charge is 0.376 e. The van der Waals surface area contributed by atoms with Crippen molar-refractivity contribution < 1.29 is 23.1 Å². The van der Waals surface area contributed by atoms with Crippen LogP contribution in [-0.2, 0) is 10.3 Å². The third-order valence-corrected chi connectivity index (χ3v) is 8.58. The Morgan fingerprint density at radius 3 is 2.04 bits per heavy atom. The van der Waals surface area contributed by atoms with Gasteiger partial charge in [0.2, 0.25) is 0 Å². The molecule has 256 valence electrons. The molecule has 0 radical (unpaired) electrons. The highest BCUT2D eigenvalue weighted by atomic mass is 19.1. The van der Waals surface area contributed by atoms with E-state index in [-0.39, 0.29) is 17.3 Å². The topological polar surface area (TPSA) is 102 Å². The van der Waals surface area contributed by atoms with Gasteiger partial charge >= 0.3 is 0 Å². The number of aldehydes is 1. The SMILES string of the molecule is CC.CNC(C)C1CC1.Cc1cc(C)n2cc(F)c(C=O)c2n1.Cc1cc(C)n2ccc(C(=O)NC3(c4ccc(F)cc4)COC3)c2n1. The minimum atomic E-state index is -0.627. The average Bonchev–Trinajstić information content (AvgIpc) is 3.73. The number of nitrogens with one attached hydrogen (secondary N) is 2. The minimum absolute atomic E-state index is 0.0248. The molecule has 48 heavy (non-hydrogen) atoms. The summed E-state index contributed by atoms with van der Waals surface area (Å²) in [7, 11) is 2.03. The summed E-state index contributed by atoms with van der Waals surface area (Å²) in [6, 6.07) is 12.5. The normalized spacial score (nSPS) is 15.1. The third-order valence-electron chi connectivity index (χ3n) is 8.58. The summed E-state index contributed by atoms with van der Waals surface area (Å²) in [5.41, 5.74) is 5.27. The van der Waals surface area contributed by atoms with Crippen molar-refractivity contribution in [2.45, 2.75) is 72.9 Å². The number of hydrogen-bond acceptors (Lipinski definition) is 6. The molecule has 9 nitrogen and oxygen atoms in total. The predicted molar refractivity (Wildman–Crippen MR) is 184 cm³/mol. The third kappa shape index (κ3) is 7.96. The van der Waals surface area contributed by atoms with E-state index in [0.717, 1.165) is 40.3 Å². The summed E-state index contributed by atoms with van der Waals surface area (Å²) in [6.07, 6.45) is 6.51. The number of ether oxygens (including phenoxy) is 1. The van der Waals surface area contributed by atoms with E-state index in [1.807, 2.05) is 71.3 Å². The number of carbonyl (C=O) groups is 2. The fourth-order valence-electron chi connectivity index (χ4n) is 5.62. The minimum Gasteiger partial charge on any atom is -0.376 e. The molecule has 7 rings (SSSR count). The molecule has 1 saturated heterocycles. The van der Waals surface area contributed by atoms with Gasteiger partial charge in [0.05, 0.1) is 24.3 Å². The first-order valence-electron chi connectivity index (χ1n) is 16.3. The van der Waals surface area contributed by atoms with E-state index in [4.69, 9.17) is 4.74 Å². The van der Waals surface area contributed by atoms with Crippen LogP contribution in [0.5, 0.6) is 0 Å². The van der Waals surface area contributed by atoms with Gasteiger partial charge in [0.15, 0.2) is 17.8 Å². The zero-order chi connectivity index (χ0) is 35.2. The average molecular weight is 661 g/mol. The molecule has 5 heterocycles. The van der Waals surface area contributed by atoms with Crippen LogP contribution in [0.3, 0.4) is 0 Å². The molecule has 5 aromatic rings. The van der Waals surface area contributed by atoms with Crippen molar-refractivity contribution in [3.05, 3.63) is 106 Å². The van der Waals surface area contributed by atoms with Crippen molar-refractivity contribution in [2.75, 3.05) is 20.3 Å². The van der Waals surface area contributed by atoms with Gasteiger partial charge in [-0.2, -0.15) is 0 Å². The van der Waals surface area contributed by atoms with E-state index in [0.29, 0.717) is 36.4 Å². The van der Waals surface area contributed by atoms with Crippen molar-refractivity contribution in [3.63, 3.8) is 0 Å². The lowest BCUT2D eigenvalue weighted by atomic mass is 9.87. The number of benzene rings is 1. The van der Waals surface area contributed by atoms with Gasteiger partial charge in [-0.3, -0.25) is 9.59 Å². The number of aromatic nitrogens is 4. The molecule has 2 aliphatic rings. The van der Waals surface area contributed by atoms with E-state index in [1.165, 1.54) is 31.2 Å². The monoisotopic (exact) mass is 660 g/mol. The van der Waals surface area contributed by atoms with Gasteiger partial charge in [-0.15, -0.1) is 0 Å². The molecule has 11 heteroatoms. The van der Waals surface area contributed by atoms with Crippen LogP contribution in [0.2, 0.25) is 0 Å². The van der Waals surface area contributed by atoms with Crippen LogP contribution in [0.4, 0.5) is 8.78 Å². The second-order valence-electron chi connectivity index (χ2n) is 12.2. The number of amides is 1. The Labute approximate surface area is 280 Å². The first-order chi connectivity index (χ1) is 23.0. The van der Waals surface area contributed by atoms with Crippen molar-refractivity contribution in [1.82, 2.24) is 29.4 Å². The van der Waals surface area contributed by atoms with Crippen molar-refractivity contribution in [1.29, 1.82) is 0 Å². The van der Waals surface area contributed by atoms with Crippen molar-refractivity contribution >= 4 is 23.5 Å². The lowest BCUT2D eigenvalue weighted by molar-refractivity contribution is -0.0733. The second kappa shape index (κ2) is 15.6. The summed E-state index contributed by atoms with van der Waals surface area (Å²) in [5.74, 6) is -0.0436. The molecular formula is C37H46F2N6O3. The number of nitrogens with zero attached hydrogens (tertiary/aromatic N) is 4. The molecule has 4 aromatic heterocycles. The number of hydrogen-bond donors (Lipinski definition) is 2. The number of halogens is 2. The molecule has 1 aromatic carbocycles. The van der Waals surface area contributed by atoms with Crippen LogP contribution in [0.15, 0.2) is 54.9 Å².